The molecule has 0 radical (unpaired) electrons. The van der Waals surface area contributed by atoms with Gasteiger partial charge in [0.15, 0.2) is 0 Å². The Labute approximate surface area is 105 Å². The maximum absolute atomic E-state index is 11.5. The van der Waals surface area contributed by atoms with E-state index in [0.29, 0.717) is 11.1 Å². The van der Waals surface area contributed by atoms with Gasteiger partial charge in [-0.05, 0) is 18.6 Å². The van der Waals surface area contributed by atoms with Crippen molar-refractivity contribution in [3.63, 3.8) is 0 Å². The summed E-state index contributed by atoms with van der Waals surface area (Å²) in [7, 11) is 0. The SMILES string of the molecule is Cc1ccc(O)c(C(C(=O)O)c2ccccc2)c1. The minimum absolute atomic E-state index is 0.0110. The molecule has 0 bridgehead atoms. The second kappa shape index (κ2) is 4.92. The average Bonchev–Trinajstić information content (AvgIpc) is 2.35. The summed E-state index contributed by atoms with van der Waals surface area (Å²) in [5, 5.41) is 19.2. The van der Waals surface area contributed by atoms with Crippen molar-refractivity contribution in [3.8, 4) is 5.75 Å². The van der Waals surface area contributed by atoms with E-state index in [9.17, 15) is 15.0 Å². The summed E-state index contributed by atoms with van der Waals surface area (Å²) in [5.41, 5.74) is 2.00. The van der Waals surface area contributed by atoms with E-state index in [0.717, 1.165) is 5.56 Å². The minimum atomic E-state index is -0.970. The van der Waals surface area contributed by atoms with Crippen molar-refractivity contribution in [3.05, 3.63) is 65.2 Å². The predicted molar refractivity (Wildman–Crippen MR) is 68.8 cm³/mol. The van der Waals surface area contributed by atoms with Crippen LogP contribution in [0.5, 0.6) is 5.75 Å². The molecule has 3 nitrogen and oxygen atoms in total. The molecule has 0 saturated heterocycles. The third-order valence-electron chi connectivity index (χ3n) is 2.87. The Morgan fingerprint density at radius 1 is 1.11 bits per heavy atom. The van der Waals surface area contributed by atoms with E-state index in [1.54, 1.807) is 36.4 Å². The minimum Gasteiger partial charge on any atom is -0.508 e. The number of aliphatic carboxylic acids is 1. The van der Waals surface area contributed by atoms with E-state index in [2.05, 4.69) is 0 Å². The van der Waals surface area contributed by atoms with Crippen molar-refractivity contribution in [1.82, 2.24) is 0 Å². The van der Waals surface area contributed by atoms with Gasteiger partial charge in [-0.1, -0.05) is 48.0 Å². The largest absolute Gasteiger partial charge is 0.508 e. The molecule has 0 heterocycles. The molecule has 1 atom stereocenters. The van der Waals surface area contributed by atoms with Gasteiger partial charge in [0.05, 0.1) is 0 Å². The maximum atomic E-state index is 11.5. The van der Waals surface area contributed by atoms with Crippen molar-refractivity contribution in [1.29, 1.82) is 0 Å². The highest BCUT2D eigenvalue weighted by atomic mass is 16.4. The molecule has 0 spiro atoms. The van der Waals surface area contributed by atoms with Crippen LogP contribution in [0.2, 0.25) is 0 Å². The molecule has 1 unspecified atom stereocenters. The van der Waals surface area contributed by atoms with Gasteiger partial charge in [0.2, 0.25) is 0 Å². The molecule has 0 aliphatic rings. The zero-order chi connectivity index (χ0) is 13.1. The number of rotatable bonds is 3. The summed E-state index contributed by atoms with van der Waals surface area (Å²) in [4.78, 5) is 11.5. The number of phenolic OH excluding ortho intramolecular Hbond substituents is 1. The molecular weight excluding hydrogens is 228 g/mol. The predicted octanol–water partition coefficient (Wildman–Crippen LogP) is 2.92. The third-order valence-corrected chi connectivity index (χ3v) is 2.87. The summed E-state index contributed by atoms with van der Waals surface area (Å²) in [5.74, 6) is -1.80. The summed E-state index contributed by atoms with van der Waals surface area (Å²) in [6.45, 7) is 1.87. The summed E-state index contributed by atoms with van der Waals surface area (Å²) in [6.07, 6.45) is 0. The van der Waals surface area contributed by atoms with Crippen LogP contribution in [0.4, 0.5) is 0 Å². The first-order valence-corrected chi connectivity index (χ1v) is 5.67. The molecule has 3 heteroatoms. The van der Waals surface area contributed by atoms with Crippen LogP contribution in [0.1, 0.15) is 22.6 Å². The molecule has 2 aromatic carbocycles. The van der Waals surface area contributed by atoms with Gasteiger partial charge >= 0.3 is 5.97 Å². The lowest BCUT2D eigenvalue weighted by Gasteiger charge is -2.15. The molecular formula is C15H14O3. The molecule has 2 rings (SSSR count). The molecule has 0 fully saturated rings. The van der Waals surface area contributed by atoms with Gasteiger partial charge in [0.1, 0.15) is 11.7 Å². The summed E-state index contributed by atoms with van der Waals surface area (Å²) in [6, 6.07) is 13.9. The molecule has 18 heavy (non-hydrogen) atoms. The molecule has 0 aliphatic carbocycles. The van der Waals surface area contributed by atoms with Crippen molar-refractivity contribution in [2.75, 3.05) is 0 Å². The van der Waals surface area contributed by atoms with Gasteiger partial charge in [0, 0.05) is 5.56 Å². The van der Waals surface area contributed by atoms with Crippen molar-refractivity contribution in [2.24, 2.45) is 0 Å². The van der Waals surface area contributed by atoms with Crippen LogP contribution in [0, 0.1) is 6.92 Å². The first kappa shape index (κ1) is 12.2. The molecule has 2 aromatic rings. The van der Waals surface area contributed by atoms with E-state index in [-0.39, 0.29) is 5.75 Å². The smallest absolute Gasteiger partial charge is 0.315 e. The number of carboxylic acid groups (broad SMARTS) is 1. The highest BCUT2D eigenvalue weighted by molar-refractivity contribution is 5.81. The fourth-order valence-electron chi connectivity index (χ4n) is 2.01. The Balaban J connectivity index is 2.55. The third kappa shape index (κ3) is 2.35. The Kier molecular flexibility index (Phi) is 3.33. The van der Waals surface area contributed by atoms with Gasteiger partial charge in [-0.15, -0.1) is 0 Å². The highest BCUT2D eigenvalue weighted by Crippen LogP contribution is 2.32. The van der Waals surface area contributed by atoms with Gasteiger partial charge in [-0.3, -0.25) is 4.79 Å². The van der Waals surface area contributed by atoms with Gasteiger partial charge in [-0.25, -0.2) is 0 Å². The van der Waals surface area contributed by atoms with E-state index in [1.165, 1.54) is 6.07 Å². The molecule has 0 aliphatic heterocycles. The number of carbonyl (C=O) groups is 1. The number of hydrogen-bond acceptors (Lipinski definition) is 2. The summed E-state index contributed by atoms with van der Waals surface area (Å²) < 4.78 is 0. The average molecular weight is 242 g/mol. The number of aromatic hydroxyl groups is 1. The number of carboxylic acids is 1. The van der Waals surface area contributed by atoms with Crippen LogP contribution in [0.3, 0.4) is 0 Å². The Bertz CT molecular complexity index is 561. The summed E-state index contributed by atoms with van der Waals surface area (Å²) >= 11 is 0. The van der Waals surface area contributed by atoms with Crippen LogP contribution in [0.25, 0.3) is 0 Å². The van der Waals surface area contributed by atoms with Crippen LogP contribution in [0.15, 0.2) is 48.5 Å². The van der Waals surface area contributed by atoms with Crippen LogP contribution < -0.4 is 0 Å². The van der Waals surface area contributed by atoms with E-state index < -0.39 is 11.9 Å². The van der Waals surface area contributed by atoms with Crippen LogP contribution in [-0.4, -0.2) is 16.2 Å². The molecule has 92 valence electrons. The Morgan fingerprint density at radius 2 is 1.78 bits per heavy atom. The van der Waals surface area contributed by atoms with Gasteiger partial charge in [-0.2, -0.15) is 0 Å². The van der Waals surface area contributed by atoms with Crippen molar-refractivity contribution < 1.29 is 15.0 Å². The monoisotopic (exact) mass is 242 g/mol. The number of benzene rings is 2. The number of hydrogen-bond donors (Lipinski definition) is 2. The lowest BCUT2D eigenvalue weighted by atomic mass is 9.90. The first-order valence-electron chi connectivity index (χ1n) is 5.67. The fraction of sp³-hybridized carbons (Fsp3) is 0.133. The van der Waals surface area contributed by atoms with Gasteiger partial charge < -0.3 is 10.2 Å². The van der Waals surface area contributed by atoms with Crippen LogP contribution >= 0.6 is 0 Å². The maximum Gasteiger partial charge on any atom is 0.315 e. The Morgan fingerprint density at radius 3 is 2.39 bits per heavy atom. The molecule has 0 saturated carbocycles. The normalized spacial score (nSPS) is 12.1. The quantitative estimate of drug-likeness (QED) is 0.870. The van der Waals surface area contributed by atoms with E-state index in [1.807, 2.05) is 13.0 Å². The van der Waals surface area contributed by atoms with Crippen molar-refractivity contribution in [2.45, 2.75) is 12.8 Å². The topological polar surface area (TPSA) is 57.5 Å². The number of aryl methyl sites for hydroxylation is 1. The first-order chi connectivity index (χ1) is 8.59. The van der Waals surface area contributed by atoms with Crippen LogP contribution in [-0.2, 0) is 4.79 Å². The van der Waals surface area contributed by atoms with E-state index in [4.69, 9.17) is 0 Å². The van der Waals surface area contributed by atoms with E-state index >= 15 is 0 Å². The molecule has 2 N–H and O–H groups in total. The second-order valence-electron chi connectivity index (χ2n) is 4.24. The fourth-order valence-corrected chi connectivity index (χ4v) is 2.01. The zero-order valence-corrected chi connectivity index (χ0v) is 10.00. The Hall–Kier alpha value is -2.29. The number of phenols is 1. The standard InChI is InChI=1S/C15H14O3/c1-10-7-8-13(16)12(9-10)14(15(17)18)11-5-3-2-4-6-11/h2-9,14,16H,1H3,(H,17,18). The van der Waals surface area contributed by atoms with Crippen molar-refractivity contribution >= 4 is 5.97 Å². The molecule has 0 amide bonds. The molecule has 0 aromatic heterocycles. The lowest BCUT2D eigenvalue weighted by molar-refractivity contribution is -0.137. The second-order valence-corrected chi connectivity index (χ2v) is 4.24. The highest BCUT2D eigenvalue weighted by Gasteiger charge is 2.24. The zero-order valence-electron chi connectivity index (χ0n) is 10.00. The van der Waals surface area contributed by atoms with Gasteiger partial charge in [0.25, 0.3) is 0 Å². The lowest BCUT2D eigenvalue weighted by Crippen LogP contribution is -2.13.